The first-order chi connectivity index (χ1) is 2.41. The van der Waals surface area contributed by atoms with E-state index in [9.17, 15) is 0 Å². The van der Waals surface area contributed by atoms with E-state index >= 15 is 0 Å². The number of hydrogen-bond donors (Lipinski definition) is 2. The largest absolute Gasteiger partial charge is 0.428 e. The third kappa shape index (κ3) is 8.83. The van der Waals surface area contributed by atoms with Gasteiger partial charge in [-0.15, -0.1) is 0 Å². The van der Waals surface area contributed by atoms with Crippen molar-refractivity contribution in [2.75, 3.05) is 13.2 Å². The maximum Gasteiger partial charge on any atom is 0 e. The standard InChI is InChI=1S/C3H7O2.Fe/c4-2-1-3-5;/h1,4-5H,2-3H2;/q-1;. The molecule has 0 aromatic carbocycles. The van der Waals surface area contributed by atoms with E-state index in [1.54, 1.807) is 0 Å². The van der Waals surface area contributed by atoms with Crippen LogP contribution in [0.15, 0.2) is 0 Å². The molecule has 0 fully saturated rings. The van der Waals surface area contributed by atoms with Crippen LogP contribution in [0.4, 0.5) is 0 Å². The quantitative estimate of drug-likeness (QED) is 0.379. The van der Waals surface area contributed by atoms with Crippen molar-refractivity contribution in [2.45, 2.75) is 0 Å². The van der Waals surface area contributed by atoms with Crippen molar-refractivity contribution in [1.29, 1.82) is 0 Å². The van der Waals surface area contributed by atoms with Crippen molar-refractivity contribution >= 4 is 0 Å². The summed E-state index contributed by atoms with van der Waals surface area (Å²) < 4.78 is 0. The molecular weight excluding hydrogens is 124 g/mol. The fourth-order valence-electron chi connectivity index (χ4n) is 0.0577. The summed E-state index contributed by atoms with van der Waals surface area (Å²) in [4.78, 5) is 0. The molecule has 0 radical (unpaired) electrons. The zero-order chi connectivity index (χ0) is 4.12. The van der Waals surface area contributed by atoms with Gasteiger partial charge in [0, 0.05) is 17.1 Å². The molecule has 0 saturated heterocycles. The molecule has 0 aliphatic carbocycles. The van der Waals surface area contributed by atoms with Gasteiger partial charge in [0.15, 0.2) is 0 Å². The Bertz CT molecular complexity index is 16.3. The fourth-order valence-corrected chi connectivity index (χ4v) is 0.0577. The van der Waals surface area contributed by atoms with Gasteiger partial charge >= 0.3 is 0 Å². The minimum absolute atomic E-state index is 0. The average Bonchev–Trinajstić information content (AvgIpc) is 1.41. The monoisotopic (exact) mass is 131 g/mol. The van der Waals surface area contributed by atoms with Crippen molar-refractivity contribution in [2.24, 2.45) is 0 Å². The minimum atomic E-state index is -0.0312. The zero-order valence-corrected chi connectivity index (χ0v) is 4.34. The Balaban J connectivity index is 0. The molecule has 0 saturated carbocycles. The first kappa shape index (κ1) is 9.67. The first-order valence-corrected chi connectivity index (χ1v) is 1.45. The Morgan fingerprint density at radius 1 is 1.17 bits per heavy atom. The molecule has 0 rings (SSSR count). The van der Waals surface area contributed by atoms with E-state index in [1.807, 2.05) is 0 Å². The minimum Gasteiger partial charge on any atom is -0.428 e. The van der Waals surface area contributed by atoms with Gasteiger partial charge in [0.1, 0.15) is 0 Å². The first-order valence-electron chi connectivity index (χ1n) is 1.45. The summed E-state index contributed by atoms with van der Waals surface area (Å²) in [5.74, 6) is 0. The number of aliphatic hydroxyl groups is 2. The summed E-state index contributed by atoms with van der Waals surface area (Å²) in [7, 11) is 0. The second-order valence-corrected chi connectivity index (χ2v) is 0.654. The topological polar surface area (TPSA) is 40.5 Å². The van der Waals surface area contributed by atoms with Crippen LogP contribution in [0, 0.1) is 6.42 Å². The Hall–Kier alpha value is 0.439. The summed E-state index contributed by atoms with van der Waals surface area (Å²) in [6, 6.07) is 0. The molecule has 2 N–H and O–H groups in total. The SMILES string of the molecule is OC[CH-]CO.[Fe]. The molecule has 0 atom stereocenters. The molecule has 0 unspecified atom stereocenters. The molecule has 2 nitrogen and oxygen atoms in total. The Labute approximate surface area is 47.7 Å². The fraction of sp³-hybridized carbons (Fsp3) is 0.667. The van der Waals surface area contributed by atoms with Gasteiger partial charge in [-0.25, -0.2) is 0 Å². The van der Waals surface area contributed by atoms with Crippen LogP contribution in [0.3, 0.4) is 0 Å². The van der Waals surface area contributed by atoms with E-state index in [1.165, 1.54) is 6.42 Å². The van der Waals surface area contributed by atoms with E-state index in [2.05, 4.69) is 0 Å². The van der Waals surface area contributed by atoms with E-state index in [-0.39, 0.29) is 30.3 Å². The van der Waals surface area contributed by atoms with Gasteiger partial charge in [-0.05, 0) is 0 Å². The number of aliphatic hydroxyl groups excluding tert-OH is 2. The molecule has 0 aromatic rings. The van der Waals surface area contributed by atoms with E-state index in [4.69, 9.17) is 10.2 Å². The summed E-state index contributed by atoms with van der Waals surface area (Å²) in [6.07, 6.45) is 1.36. The third-order valence-electron chi connectivity index (χ3n) is 0.258. The molecule has 0 aliphatic heterocycles. The summed E-state index contributed by atoms with van der Waals surface area (Å²) in [5, 5.41) is 15.7. The van der Waals surface area contributed by atoms with Crippen LogP contribution < -0.4 is 0 Å². The molecule has 0 amide bonds. The van der Waals surface area contributed by atoms with Gasteiger partial charge in [-0.3, -0.25) is 6.42 Å². The van der Waals surface area contributed by atoms with Gasteiger partial charge in [0.05, 0.1) is 0 Å². The van der Waals surface area contributed by atoms with Crippen LogP contribution >= 0.6 is 0 Å². The van der Waals surface area contributed by atoms with Crippen LogP contribution in [-0.4, -0.2) is 23.4 Å². The van der Waals surface area contributed by atoms with Crippen LogP contribution in [0.5, 0.6) is 0 Å². The summed E-state index contributed by atoms with van der Waals surface area (Å²) in [6.45, 7) is -0.0625. The predicted octanol–water partition coefficient (Wildman–Crippen LogP) is -0.827. The second-order valence-electron chi connectivity index (χ2n) is 0.654. The van der Waals surface area contributed by atoms with Crippen molar-refractivity contribution in [1.82, 2.24) is 0 Å². The van der Waals surface area contributed by atoms with Crippen LogP contribution in [0.25, 0.3) is 0 Å². The Kier molecular flexibility index (Phi) is 14.6. The second kappa shape index (κ2) is 9.06. The van der Waals surface area contributed by atoms with Crippen molar-refractivity contribution in [3.63, 3.8) is 0 Å². The maximum atomic E-state index is 7.85. The summed E-state index contributed by atoms with van der Waals surface area (Å²) >= 11 is 0. The molecule has 40 valence electrons. The van der Waals surface area contributed by atoms with Gasteiger partial charge in [0.25, 0.3) is 0 Å². The van der Waals surface area contributed by atoms with Crippen LogP contribution in [0.1, 0.15) is 0 Å². The van der Waals surface area contributed by atoms with Gasteiger partial charge < -0.3 is 10.2 Å². The molecule has 0 aliphatic rings. The molecule has 0 bridgehead atoms. The maximum absolute atomic E-state index is 7.85. The normalized spacial score (nSPS) is 7.00. The molecule has 0 heterocycles. The Morgan fingerprint density at radius 3 is 1.50 bits per heavy atom. The van der Waals surface area contributed by atoms with Gasteiger partial charge in [-0.1, -0.05) is 13.2 Å². The molecule has 0 spiro atoms. The smallest absolute Gasteiger partial charge is 0 e. The summed E-state index contributed by atoms with van der Waals surface area (Å²) in [5.41, 5.74) is 0. The average molecular weight is 131 g/mol. The van der Waals surface area contributed by atoms with Gasteiger partial charge in [-0.2, -0.15) is 0 Å². The van der Waals surface area contributed by atoms with Crippen LogP contribution in [-0.2, 0) is 17.1 Å². The van der Waals surface area contributed by atoms with Crippen molar-refractivity contribution < 1.29 is 27.3 Å². The zero-order valence-electron chi connectivity index (χ0n) is 3.24. The Morgan fingerprint density at radius 2 is 1.50 bits per heavy atom. The number of hydrogen-bond acceptors (Lipinski definition) is 2. The molecule has 6 heavy (non-hydrogen) atoms. The predicted molar refractivity (Wildman–Crippen MR) is 18.5 cm³/mol. The van der Waals surface area contributed by atoms with E-state index in [0.717, 1.165) is 0 Å². The van der Waals surface area contributed by atoms with E-state index in [0.29, 0.717) is 0 Å². The van der Waals surface area contributed by atoms with E-state index < -0.39 is 0 Å². The van der Waals surface area contributed by atoms with Crippen molar-refractivity contribution in [3.8, 4) is 0 Å². The molecule has 3 heteroatoms. The molecule has 0 aromatic heterocycles. The molecular formula is C3H7FeO2-. The van der Waals surface area contributed by atoms with Crippen LogP contribution in [0.2, 0.25) is 0 Å². The third-order valence-corrected chi connectivity index (χ3v) is 0.258. The van der Waals surface area contributed by atoms with Crippen molar-refractivity contribution in [3.05, 3.63) is 6.42 Å². The number of rotatable bonds is 2. The van der Waals surface area contributed by atoms with Gasteiger partial charge in [0.2, 0.25) is 0 Å².